The molecule has 0 bridgehead atoms. The van der Waals surface area contributed by atoms with Gasteiger partial charge in [0.2, 0.25) is 0 Å². The highest BCUT2D eigenvalue weighted by Crippen LogP contribution is 2.31. The molecule has 1 unspecified atom stereocenters. The van der Waals surface area contributed by atoms with Crippen LogP contribution in [0.25, 0.3) is 0 Å². The van der Waals surface area contributed by atoms with Crippen LogP contribution in [0.4, 0.5) is 4.79 Å². The van der Waals surface area contributed by atoms with Crippen molar-refractivity contribution in [2.24, 2.45) is 0 Å². The van der Waals surface area contributed by atoms with Gasteiger partial charge >= 0.3 is 6.09 Å². The number of benzene rings is 2. The minimum Gasteiger partial charge on any atom is -0.445 e. The summed E-state index contributed by atoms with van der Waals surface area (Å²) in [6.45, 7) is 1.49. The molecule has 0 saturated carbocycles. The molecule has 0 radical (unpaired) electrons. The van der Waals surface area contributed by atoms with Gasteiger partial charge in [-0.15, -0.1) is 5.10 Å². The summed E-state index contributed by atoms with van der Waals surface area (Å²) in [7, 11) is 0. The number of hydrogen-bond acceptors (Lipinski definition) is 5. The van der Waals surface area contributed by atoms with Crippen LogP contribution in [0.1, 0.15) is 35.8 Å². The van der Waals surface area contributed by atoms with Crippen LogP contribution in [-0.2, 0) is 17.9 Å². The van der Waals surface area contributed by atoms with Crippen LogP contribution in [0, 0.1) is 0 Å². The van der Waals surface area contributed by atoms with E-state index in [0.29, 0.717) is 18.9 Å². The molecule has 2 aromatic carbocycles. The summed E-state index contributed by atoms with van der Waals surface area (Å²) in [5.74, 6) is 0.702. The van der Waals surface area contributed by atoms with E-state index in [1.165, 1.54) is 0 Å². The summed E-state index contributed by atoms with van der Waals surface area (Å²) in [5.41, 5.74) is 2.08. The van der Waals surface area contributed by atoms with Gasteiger partial charge in [0.15, 0.2) is 5.82 Å². The van der Waals surface area contributed by atoms with Gasteiger partial charge < -0.3 is 4.74 Å². The molecule has 2 heterocycles. The number of likely N-dealkylation sites (tertiary alicyclic amines) is 1. The molecule has 1 fully saturated rings. The predicted octanol–water partition coefficient (Wildman–Crippen LogP) is 3.20. The Labute approximate surface area is 157 Å². The van der Waals surface area contributed by atoms with Crippen LogP contribution < -0.4 is 0 Å². The zero-order valence-electron chi connectivity index (χ0n) is 14.9. The van der Waals surface area contributed by atoms with Crippen LogP contribution in [0.15, 0.2) is 60.7 Å². The molecule has 7 nitrogen and oxygen atoms in total. The summed E-state index contributed by atoms with van der Waals surface area (Å²) in [4.78, 5) is 14.4. The minimum absolute atomic E-state index is 0.160. The lowest BCUT2D eigenvalue weighted by Crippen LogP contribution is -2.32. The molecule has 1 saturated heterocycles. The van der Waals surface area contributed by atoms with Gasteiger partial charge in [0.25, 0.3) is 0 Å². The molecule has 0 spiro atoms. The van der Waals surface area contributed by atoms with Gasteiger partial charge in [-0.25, -0.2) is 9.48 Å². The van der Waals surface area contributed by atoms with Gasteiger partial charge in [-0.3, -0.25) is 4.90 Å². The number of amides is 1. The second-order valence-corrected chi connectivity index (χ2v) is 6.57. The fourth-order valence-electron chi connectivity index (χ4n) is 3.38. The fourth-order valence-corrected chi connectivity index (χ4v) is 3.38. The van der Waals surface area contributed by atoms with E-state index in [0.717, 1.165) is 24.0 Å². The molecule has 0 N–H and O–H groups in total. The van der Waals surface area contributed by atoms with Crippen molar-refractivity contribution in [2.75, 3.05) is 6.54 Å². The van der Waals surface area contributed by atoms with Crippen molar-refractivity contribution in [2.45, 2.75) is 32.0 Å². The Kier molecular flexibility index (Phi) is 5.09. The third-order valence-corrected chi connectivity index (χ3v) is 4.73. The SMILES string of the molecule is O=C(OCc1ccccc1)N1CCCC1c1nnnn1Cc1ccccc1. The molecule has 138 valence electrons. The number of aromatic nitrogens is 4. The number of carbonyl (C=O) groups excluding carboxylic acids is 1. The molecule has 1 atom stereocenters. The van der Waals surface area contributed by atoms with Crippen LogP contribution in [0.5, 0.6) is 0 Å². The summed E-state index contributed by atoms with van der Waals surface area (Å²) in [6.07, 6.45) is 1.41. The third kappa shape index (κ3) is 3.97. The standard InChI is InChI=1S/C20H21N5O2/c26-20(27-15-17-10-5-2-6-11-17)24-13-7-12-18(24)19-21-22-23-25(19)14-16-8-3-1-4-9-16/h1-6,8-11,18H,7,12-15H2. The van der Waals surface area contributed by atoms with Crippen LogP contribution in [-0.4, -0.2) is 37.7 Å². The highest BCUT2D eigenvalue weighted by molar-refractivity contribution is 5.68. The topological polar surface area (TPSA) is 73.1 Å². The van der Waals surface area contributed by atoms with Gasteiger partial charge in [0, 0.05) is 6.54 Å². The maximum Gasteiger partial charge on any atom is 0.410 e. The molecule has 1 aliphatic heterocycles. The van der Waals surface area contributed by atoms with E-state index in [1.807, 2.05) is 60.7 Å². The lowest BCUT2D eigenvalue weighted by atomic mass is 10.2. The molecule has 7 heteroatoms. The number of carbonyl (C=O) groups is 1. The Morgan fingerprint density at radius 1 is 1.04 bits per heavy atom. The van der Waals surface area contributed by atoms with E-state index in [9.17, 15) is 4.79 Å². The minimum atomic E-state index is -0.324. The number of tetrazole rings is 1. The summed E-state index contributed by atoms with van der Waals surface area (Å²) in [5, 5.41) is 12.2. The Bertz CT molecular complexity index is 882. The first-order valence-corrected chi connectivity index (χ1v) is 9.08. The average Bonchev–Trinajstić information content (AvgIpc) is 3.37. The van der Waals surface area contributed by atoms with Crippen molar-refractivity contribution in [1.82, 2.24) is 25.1 Å². The first-order chi connectivity index (χ1) is 13.3. The lowest BCUT2D eigenvalue weighted by Gasteiger charge is -2.23. The number of ether oxygens (including phenoxy) is 1. The van der Waals surface area contributed by atoms with E-state index in [2.05, 4.69) is 15.5 Å². The first-order valence-electron chi connectivity index (χ1n) is 9.08. The predicted molar refractivity (Wildman–Crippen MR) is 98.7 cm³/mol. The van der Waals surface area contributed by atoms with Crippen molar-refractivity contribution < 1.29 is 9.53 Å². The summed E-state index contributed by atoms with van der Waals surface area (Å²) in [6, 6.07) is 19.5. The van der Waals surface area contributed by atoms with Crippen LogP contribution >= 0.6 is 0 Å². The van der Waals surface area contributed by atoms with Crippen molar-refractivity contribution in [3.05, 3.63) is 77.6 Å². The van der Waals surface area contributed by atoms with Gasteiger partial charge in [0.1, 0.15) is 6.61 Å². The van der Waals surface area contributed by atoms with Crippen molar-refractivity contribution >= 4 is 6.09 Å². The Balaban J connectivity index is 1.45. The molecule has 4 rings (SSSR count). The highest BCUT2D eigenvalue weighted by Gasteiger charge is 2.34. The van der Waals surface area contributed by atoms with Crippen molar-refractivity contribution in [3.8, 4) is 0 Å². The van der Waals surface area contributed by atoms with Gasteiger partial charge in [-0.1, -0.05) is 60.7 Å². The monoisotopic (exact) mass is 363 g/mol. The van der Waals surface area contributed by atoms with Crippen molar-refractivity contribution in [3.63, 3.8) is 0 Å². The number of rotatable bonds is 5. The van der Waals surface area contributed by atoms with E-state index < -0.39 is 0 Å². The van der Waals surface area contributed by atoms with E-state index in [1.54, 1.807) is 9.58 Å². The molecule has 1 amide bonds. The third-order valence-electron chi connectivity index (χ3n) is 4.73. The Morgan fingerprint density at radius 2 is 1.74 bits per heavy atom. The maximum absolute atomic E-state index is 12.6. The second kappa shape index (κ2) is 7.99. The molecule has 0 aliphatic carbocycles. The smallest absolute Gasteiger partial charge is 0.410 e. The Morgan fingerprint density at radius 3 is 2.48 bits per heavy atom. The fraction of sp³-hybridized carbons (Fsp3) is 0.300. The molecule has 1 aromatic heterocycles. The zero-order valence-corrected chi connectivity index (χ0v) is 14.9. The van der Waals surface area contributed by atoms with E-state index >= 15 is 0 Å². The second-order valence-electron chi connectivity index (χ2n) is 6.57. The van der Waals surface area contributed by atoms with Gasteiger partial charge in [0.05, 0.1) is 12.6 Å². The quantitative estimate of drug-likeness (QED) is 0.696. The summed E-state index contributed by atoms with van der Waals surface area (Å²) >= 11 is 0. The van der Waals surface area contributed by atoms with Gasteiger partial charge in [-0.05, 0) is 34.4 Å². The first kappa shape index (κ1) is 17.2. The van der Waals surface area contributed by atoms with E-state index in [4.69, 9.17) is 4.74 Å². The number of nitrogens with zero attached hydrogens (tertiary/aromatic N) is 5. The van der Waals surface area contributed by atoms with Crippen molar-refractivity contribution in [1.29, 1.82) is 0 Å². The molecule has 27 heavy (non-hydrogen) atoms. The molecular weight excluding hydrogens is 342 g/mol. The highest BCUT2D eigenvalue weighted by atomic mass is 16.6. The van der Waals surface area contributed by atoms with Gasteiger partial charge in [-0.2, -0.15) is 0 Å². The largest absolute Gasteiger partial charge is 0.445 e. The average molecular weight is 363 g/mol. The Hall–Kier alpha value is -3.22. The molecule has 1 aliphatic rings. The number of hydrogen-bond donors (Lipinski definition) is 0. The maximum atomic E-state index is 12.6. The van der Waals surface area contributed by atoms with Crippen LogP contribution in [0.3, 0.4) is 0 Å². The summed E-state index contributed by atoms with van der Waals surface area (Å²) < 4.78 is 7.27. The lowest BCUT2D eigenvalue weighted by molar-refractivity contribution is 0.0902. The van der Waals surface area contributed by atoms with Crippen LogP contribution in [0.2, 0.25) is 0 Å². The normalized spacial score (nSPS) is 16.4. The zero-order chi connectivity index (χ0) is 18.5. The molecular formula is C20H21N5O2. The molecule has 3 aromatic rings. The van der Waals surface area contributed by atoms with E-state index in [-0.39, 0.29) is 18.7 Å².